The van der Waals surface area contributed by atoms with Crippen molar-refractivity contribution < 1.29 is 18.1 Å². The lowest BCUT2D eigenvalue weighted by Crippen LogP contribution is -2.31. The van der Waals surface area contributed by atoms with Gasteiger partial charge in [-0.2, -0.15) is 0 Å². The first-order chi connectivity index (χ1) is 13.6. The Labute approximate surface area is 170 Å². The highest BCUT2D eigenvalue weighted by molar-refractivity contribution is 7.92. The van der Waals surface area contributed by atoms with Crippen molar-refractivity contribution in [2.45, 2.75) is 32.6 Å². The summed E-state index contributed by atoms with van der Waals surface area (Å²) in [6.07, 6.45) is 1.42. The maximum absolute atomic E-state index is 12.2. The molecule has 29 heavy (non-hydrogen) atoms. The molecule has 0 radical (unpaired) electrons. The van der Waals surface area contributed by atoms with E-state index in [1.165, 1.54) is 29.8 Å². The number of nitrogens with one attached hydrogen (secondary N) is 1. The molecule has 2 aromatic rings. The molecule has 0 spiro atoms. The second kappa shape index (κ2) is 9.51. The van der Waals surface area contributed by atoms with Crippen LogP contribution in [-0.4, -0.2) is 32.0 Å². The highest BCUT2D eigenvalue weighted by atomic mass is 32.2. The van der Waals surface area contributed by atoms with Crippen molar-refractivity contribution in [1.29, 1.82) is 0 Å². The largest absolute Gasteiger partial charge is 0.326 e. The molecule has 1 amide bonds. The second-order valence-corrected chi connectivity index (χ2v) is 8.95. The van der Waals surface area contributed by atoms with E-state index in [-0.39, 0.29) is 36.7 Å². The Kier molecular flexibility index (Phi) is 7.33. The molecule has 2 aromatic carbocycles. The Bertz CT molecular complexity index is 972. The molecule has 156 valence electrons. The fraction of sp³-hybridized carbons (Fsp3) is 0.350. The fourth-order valence-electron chi connectivity index (χ4n) is 2.81. The van der Waals surface area contributed by atoms with Crippen molar-refractivity contribution in [3.8, 4) is 0 Å². The molecule has 0 aliphatic carbocycles. The number of nitro groups is 1. The quantitative estimate of drug-likeness (QED) is 0.490. The standard InChI is InChI=1S/C20H25N3O5S/c1-15(2)16-9-11-17(12-10-16)21-20(24)8-5-13-22(29(3,27)28)18-6-4-7-19(14-18)23(25)26/h4,6-7,9-12,14-15H,5,8,13H2,1-3H3,(H,21,24). The van der Waals surface area contributed by atoms with Crippen molar-refractivity contribution in [2.24, 2.45) is 0 Å². The lowest BCUT2D eigenvalue weighted by atomic mass is 10.0. The number of nitro benzene ring substituents is 1. The van der Waals surface area contributed by atoms with Crippen LogP contribution in [0.4, 0.5) is 17.1 Å². The molecule has 0 unspecified atom stereocenters. The van der Waals surface area contributed by atoms with Crippen molar-refractivity contribution in [3.05, 3.63) is 64.2 Å². The lowest BCUT2D eigenvalue weighted by molar-refractivity contribution is -0.384. The lowest BCUT2D eigenvalue weighted by Gasteiger charge is -2.22. The molecule has 0 heterocycles. The van der Waals surface area contributed by atoms with Crippen molar-refractivity contribution in [2.75, 3.05) is 22.4 Å². The molecule has 1 N–H and O–H groups in total. The van der Waals surface area contributed by atoms with E-state index >= 15 is 0 Å². The van der Waals surface area contributed by atoms with Crippen molar-refractivity contribution in [3.63, 3.8) is 0 Å². The molecule has 0 bridgehead atoms. The van der Waals surface area contributed by atoms with Gasteiger partial charge in [-0.05, 0) is 36.1 Å². The van der Waals surface area contributed by atoms with E-state index in [9.17, 15) is 23.3 Å². The summed E-state index contributed by atoms with van der Waals surface area (Å²) in [5, 5.41) is 13.7. The first-order valence-electron chi connectivity index (χ1n) is 9.20. The van der Waals surface area contributed by atoms with Crippen LogP contribution < -0.4 is 9.62 Å². The van der Waals surface area contributed by atoms with Crippen LogP contribution >= 0.6 is 0 Å². The molecular weight excluding hydrogens is 394 g/mol. The Balaban J connectivity index is 1.99. The molecule has 0 aliphatic heterocycles. The first-order valence-corrected chi connectivity index (χ1v) is 11.0. The van der Waals surface area contributed by atoms with Gasteiger partial charge in [-0.3, -0.25) is 19.2 Å². The third-order valence-corrected chi connectivity index (χ3v) is 5.55. The average Bonchev–Trinajstić information content (AvgIpc) is 2.64. The van der Waals surface area contributed by atoms with E-state index in [0.717, 1.165) is 10.6 Å². The van der Waals surface area contributed by atoms with Gasteiger partial charge in [-0.15, -0.1) is 0 Å². The van der Waals surface area contributed by atoms with Crippen LogP contribution in [0.2, 0.25) is 0 Å². The number of benzene rings is 2. The molecule has 2 rings (SSSR count). The van der Waals surface area contributed by atoms with E-state index in [1.54, 1.807) is 0 Å². The maximum atomic E-state index is 12.2. The summed E-state index contributed by atoms with van der Waals surface area (Å²) in [4.78, 5) is 22.5. The van der Waals surface area contributed by atoms with Gasteiger partial charge in [0.05, 0.1) is 16.9 Å². The molecule has 0 atom stereocenters. The van der Waals surface area contributed by atoms with Gasteiger partial charge < -0.3 is 5.32 Å². The Morgan fingerprint density at radius 3 is 2.38 bits per heavy atom. The van der Waals surface area contributed by atoms with Crippen LogP contribution in [0.1, 0.15) is 38.2 Å². The van der Waals surface area contributed by atoms with Crippen molar-refractivity contribution >= 4 is 33.0 Å². The molecule has 9 heteroatoms. The van der Waals surface area contributed by atoms with E-state index < -0.39 is 14.9 Å². The molecule has 0 saturated heterocycles. The number of rotatable bonds is 9. The number of hydrogen-bond acceptors (Lipinski definition) is 5. The minimum Gasteiger partial charge on any atom is -0.326 e. The Morgan fingerprint density at radius 2 is 1.83 bits per heavy atom. The van der Waals surface area contributed by atoms with Crippen LogP contribution in [0.5, 0.6) is 0 Å². The average molecular weight is 420 g/mol. The predicted octanol–water partition coefficient (Wildman–Crippen LogP) is 3.90. The number of anilines is 2. The molecule has 0 saturated carbocycles. The van der Waals surface area contributed by atoms with E-state index in [4.69, 9.17) is 0 Å². The van der Waals surface area contributed by atoms with E-state index in [2.05, 4.69) is 19.2 Å². The van der Waals surface area contributed by atoms with Gasteiger partial charge >= 0.3 is 0 Å². The van der Waals surface area contributed by atoms with Gasteiger partial charge in [0.25, 0.3) is 5.69 Å². The number of amides is 1. The summed E-state index contributed by atoms with van der Waals surface area (Å²) in [5.41, 5.74) is 1.85. The third-order valence-electron chi connectivity index (χ3n) is 4.36. The third kappa shape index (κ3) is 6.56. The van der Waals surface area contributed by atoms with E-state index in [0.29, 0.717) is 11.6 Å². The van der Waals surface area contributed by atoms with E-state index in [1.807, 2.05) is 24.3 Å². The van der Waals surface area contributed by atoms with Gasteiger partial charge in [0.1, 0.15) is 0 Å². The Morgan fingerprint density at radius 1 is 1.17 bits per heavy atom. The highest BCUT2D eigenvalue weighted by Crippen LogP contribution is 2.23. The van der Waals surface area contributed by atoms with Gasteiger partial charge in [-0.1, -0.05) is 32.0 Å². The topological polar surface area (TPSA) is 110 Å². The fourth-order valence-corrected chi connectivity index (χ4v) is 3.76. The number of sulfonamides is 1. The minimum absolute atomic E-state index is 0.0414. The normalized spacial score (nSPS) is 11.3. The zero-order valence-electron chi connectivity index (χ0n) is 16.7. The van der Waals surface area contributed by atoms with Gasteiger partial charge in [0.15, 0.2) is 0 Å². The number of nitrogens with zero attached hydrogens (tertiary/aromatic N) is 2. The smallest absolute Gasteiger partial charge is 0.271 e. The number of non-ortho nitro benzene ring substituents is 1. The number of carbonyl (C=O) groups is 1. The van der Waals surface area contributed by atoms with Crippen LogP contribution in [0.3, 0.4) is 0 Å². The maximum Gasteiger partial charge on any atom is 0.271 e. The SMILES string of the molecule is CC(C)c1ccc(NC(=O)CCCN(c2cccc([N+](=O)[O-])c2)S(C)(=O)=O)cc1. The molecule has 0 aromatic heterocycles. The van der Waals surface area contributed by atoms with Crippen LogP contribution in [0, 0.1) is 10.1 Å². The molecule has 0 aliphatic rings. The van der Waals surface area contributed by atoms with Gasteiger partial charge in [0.2, 0.25) is 15.9 Å². The first kappa shape index (κ1) is 22.4. The summed E-state index contributed by atoms with van der Waals surface area (Å²) in [5.74, 6) is 0.172. The van der Waals surface area contributed by atoms with Crippen molar-refractivity contribution in [1.82, 2.24) is 0 Å². The monoisotopic (exact) mass is 419 g/mol. The summed E-state index contributed by atoms with van der Waals surface area (Å²) in [6.45, 7) is 4.21. The minimum atomic E-state index is -3.65. The Hall–Kier alpha value is -2.94. The predicted molar refractivity (Wildman–Crippen MR) is 114 cm³/mol. The summed E-state index contributed by atoms with van der Waals surface area (Å²) < 4.78 is 25.3. The summed E-state index contributed by atoms with van der Waals surface area (Å²) in [7, 11) is -3.65. The summed E-state index contributed by atoms with van der Waals surface area (Å²) >= 11 is 0. The van der Waals surface area contributed by atoms with Crippen LogP contribution in [-0.2, 0) is 14.8 Å². The van der Waals surface area contributed by atoms with Gasteiger partial charge in [-0.25, -0.2) is 8.42 Å². The zero-order valence-corrected chi connectivity index (χ0v) is 17.5. The molecular formula is C20H25N3O5S. The molecule has 0 fully saturated rings. The number of hydrogen-bond donors (Lipinski definition) is 1. The highest BCUT2D eigenvalue weighted by Gasteiger charge is 2.19. The second-order valence-electron chi connectivity index (χ2n) is 7.04. The van der Waals surface area contributed by atoms with Gasteiger partial charge in [0, 0.05) is 30.8 Å². The summed E-state index contributed by atoms with van der Waals surface area (Å²) in [6, 6.07) is 13.0. The zero-order chi connectivity index (χ0) is 21.6. The van der Waals surface area contributed by atoms with Crippen LogP contribution in [0.25, 0.3) is 0 Å². The van der Waals surface area contributed by atoms with Crippen LogP contribution in [0.15, 0.2) is 48.5 Å². The number of carbonyl (C=O) groups excluding carboxylic acids is 1. The molecule has 8 nitrogen and oxygen atoms in total.